The van der Waals surface area contributed by atoms with Crippen LogP contribution in [0.15, 0.2) is 52.3 Å². The zero-order valence-electron chi connectivity index (χ0n) is 8.36. The number of hydrogen-bond acceptors (Lipinski definition) is 2. The van der Waals surface area contributed by atoms with E-state index in [2.05, 4.69) is 17.1 Å². The Morgan fingerprint density at radius 1 is 1.13 bits per heavy atom. The molecule has 76 valence electrons. The number of aromatic nitrogens is 1. The van der Waals surface area contributed by atoms with Crippen LogP contribution in [0.2, 0.25) is 0 Å². The third-order valence-corrected chi connectivity index (χ3v) is 3.00. The predicted molar refractivity (Wildman–Crippen MR) is 64.3 cm³/mol. The normalized spacial score (nSPS) is 10.2. The van der Waals surface area contributed by atoms with Crippen LogP contribution in [0, 0.1) is 0 Å². The van der Waals surface area contributed by atoms with Crippen LogP contribution in [-0.4, -0.2) is 11.2 Å². The van der Waals surface area contributed by atoms with Gasteiger partial charge in [-0.25, -0.2) is 0 Å². The molecule has 0 atom stereocenters. The molecule has 0 amide bonds. The maximum absolute atomic E-state index is 10.9. The molecule has 0 bridgehead atoms. The van der Waals surface area contributed by atoms with Gasteiger partial charge in [-0.1, -0.05) is 18.2 Å². The van der Waals surface area contributed by atoms with Gasteiger partial charge < -0.3 is 4.98 Å². The van der Waals surface area contributed by atoms with Gasteiger partial charge in [-0.3, -0.25) is 4.79 Å². The number of hydrogen-bond donors (Lipinski definition) is 1. The fourth-order valence-electron chi connectivity index (χ4n) is 1.46. The zero-order chi connectivity index (χ0) is 10.7. The molecule has 0 aliphatic rings. The minimum atomic E-state index is -0.0691. The maximum Gasteiger partial charge on any atom is 0.247 e. The van der Waals surface area contributed by atoms with Crippen molar-refractivity contribution in [1.82, 2.24) is 4.98 Å². The molecule has 3 heteroatoms. The van der Waals surface area contributed by atoms with Crippen LogP contribution in [0.5, 0.6) is 0 Å². The fourth-order valence-corrected chi connectivity index (χ4v) is 2.08. The van der Waals surface area contributed by atoms with Crippen molar-refractivity contribution in [3.8, 4) is 11.1 Å². The van der Waals surface area contributed by atoms with E-state index in [1.807, 2.05) is 24.5 Å². The molecule has 0 aliphatic heterocycles. The Morgan fingerprint density at radius 3 is 2.60 bits per heavy atom. The van der Waals surface area contributed by atoms with Crippen LogP contribution in [-0.2, 0) is 0 Å². The third kappa shape index (κ3) is 2.13. The van der Waals surface area contributed by atoms with E-state index in [1.54, 1.807) is 24.0 Å². The summed E-state index contributed by atoms with van der Waals surface area (Å²) in [6.45, 7) is 0. The van der Waals surface area contributed by atoms with E-state index >= 15 is 0 Å². The van der Waals surface area contributed by atoms with E-state index in [1.165, 1.54) is 4.90 Å². The van der Waals surface area contributed by atoms with Gasteiger partial charge in [-0.15, -0.1) is 11.8 Å². The topological polar surface area (TPSA) is 32.9 Å². The lowest BCUT2D eigenvalue weighted by atomic mass is 10.1. The number of thioether (sulfide) groups is 1. The summed E-state index contributed by atoms with van der Waals surface area (Å²) in [5.74, 6) is 0. The van der Waals surface area contributed by atoms with Crippen LogP contribution >= 0.6 is 11.8 Å². The summed E-state index contributed by atoms with van der Waals surface area (Å²) < 4.78 is 0. The largest absolute Gasteiger partial charge is 0.328 e. The van der Waals surface area contributed by atoms with Crippen molar-refractivity contribution in [2.45, 2.75) is 4.90 Å². The standard InChI is InChI=1S/C12H11NOS/c1-15-11-5-3-2-4-10(11)9-6-7-12(14)13-8-9/h2-8H,1H3,(H,13,14). The molecule has 15 heavy (non-hydrogen) atoms. The molecular weight excluding hydrogens is 206 g/mol. The summed E-state index contributed by atoms with van der Waals surface area (Å²) >= 11 is 1.70. The molecule has 2 aromatic rings. The first-order chi connectivity index (χ1) is 7.31. The molecule has 0 radical (unpaired) electrons. The lowest BCUT2D eigenvalue weighted by Crippen LogP contribution is -2.01. The number of aromatic amines is 1. The van der Waals surface area contributed by atoms with Gasteiger partial charge in [0.25, 0.3) is 0 Å². The Balaban J connectivity index is 2.53. The molecule has 1 heterocycles. The van der Waals surface area contributed by atoms with E-state index in [-0.39, 0.29) is 5.56 Å². The average Bonchev–Trinajstić information content (AvgIpc) is 2.30. The van der Waals surface area contributed by atoms with Gasteiger partial charge in [0.1, 0.15) is 0 Å². The van der Waals surface area contributed by atoms with E-state index in [0.717, 1.165) is 11.1 Å². The maximum atomic E-state index is 10.9. The molecule has 2 nitrogen and oxygen atoms in total. The molecule has 0 spiro atoms. The van der Waals surface area contributed by atoms with Crippen LogP contribution in [0.3, 0.4) is 0 Å². The first-order valence-corrected chi connectivity index (χ1v) is 5.86. The summed E-state index contributed by atoms with van der Waals surface area (Å²) in [6.07, 6.45) is 3.79. The lowest BCUT2D eigenvalue weighted by Gasteiger charge is -2.06. The minimum Gasteiger partial charge on any atom is -0.328 e. The molecule has 0 fully saturated rings. The number of pyridine rings is 1. The minimum absolute atomic E-state index is 0.0691. The van der Waals surface area contributed by atoms with Crippen molar-refractivity contribution < 1.29 is 0 Å². The highest BCUT2D eigenvalue weighted by molar-refractivity contribution is 7.98. The third-order valence-electron chi connectivity index (χ3n) is 2.20. The van der Waals surface area contributed by atoms with Crippen LogP contribution in [0.4, 0.5) is 0 Å². The average molecular weight is 217 g/mol. The Bertz CT molecular complexity index is 499. The van der Waals surface area contributed by atoms with Crippen molar-refractivity contribution >= 4 is 11.8 Å². The van der Waals surface area contributed by atoms with Crippen LogP contribution < -0.4 is 5.56 Å². The highest BCUT2D eigenvalue weighted by atomic mass is 32.2. The molecule has 1 aromatic carbocycles. The van der Waals surface area contributed by atoms with Crippen molar-refractivity contribution in [2.75, 3.05) is 6.26 Å². The molecule has 0 unspecified atom stereocenters. The van der Waals surface area contributed by atoms with Gasteiger partial charge in [-0.05, 0) is 29.5 Å². The van der Waals surface area contributed by atoms with E-state index in [4.69, 9.17) is 0 Å². The summed E-state index contributed by atoms with van der Waals surface area (Å²) in [5.41, 5.74) is 2.13. The van der Waals surface area contributed by atoms with Gasteiger partial charge in [0, 0.05) is 17.2 Å². The Hall–Kier alpha value is -1.48. The van der Waals surface area contributed by atoms with Gasteiger partial charge >= 0.3 is 0 Å². The fraction of sp³-hybridized carbons (Fsp3) is 0.0833. The summed E-state index contributed by atoms with van der Waals surface area (Å²) in [6, 6.07) is 11.5. The molecule has 1 aromatic heterocycles. The number of nitrogens with one attached hydrogen (secondary N) is 1. The molecule has 1 N–H and O–H groups in total. The Labute approximate surface area is 92.4 Å². The van der Waals surface area contributed by atoms with Crippen LogP contribution in [0.1, 0.15) is 0 Å². The summed E-state index contributed by atoms with van der Waals surface area (Å²) in [5, 5.41) is 0. The van der Waals surface area contributed by atoms with E-state index in [9.17, 15) is 4.79 Å². The number of benzene rings is 1. The molecule has 0 saturated heterocycles. The zero-order valence-corrected chi connectivity index (χ0v) is 9.17. The number of H-pyrrole nitrogens is 1. The van der Waals surface area contributed by atoms with Crippen molar-refractivity contribution in [1.29, 1.82) is 0 Å². The van der Waals surface area contributed by atoms with E-state index < -0.39 is 0 Å². The second kappa shape index (κ2) is 4.36. The monoisotopic (exact) mass is 217 g/mol. The molecule has 0 saturated carbocycles. The first kappa shape index (κ1) is 10.1. The molecule has 2 rings (SSSR count). The second-order valence-electron chi connectivity index (χ2n) is 3.14. The Morgan fingerprint density at radius 2 is 1.93 bits per heavy atom. The summed E-state index contributed by atoms with van der Waals surface area (Å²) in [4.78, 5) is 14.8. The van der Waals surface area contributed by atoms with Crippen molar-refractivity contribution in [3.63, 3.8) is 0 Å². The van der Waals surface area contributed by atoms with Crippen molar-refractivity contribution in [3.05, 3.63) is 52.9 Å². The molecular formula is C12H11NOS. The summed E-state index contributed by atoms with van der Waals surface area (Å²) in [7, 11) is 0. The van der Waals surface area contributed by atoms with Gasteiger partial charge in [0.05, 0.1) is 0 Å². The SMILES string of the molecule is CSc1ccccc1-c1ccc(=O)[nH]c1. The first-order valence-electron chi connectivity index (χ1n) is 4.63. The van der Waals surface area contributed by atoms with Crippen LogP contribution in [0.25, 0.3) is 11.1 Å². The van der Waals surface area contributed by atoms with Crippen molar-refractivity contribution in [2.24, 2.45) is 0 Å². The second-order valence-corrected chi connectivity index (χ2v) is 3.99. The highest BCUT2D eigenvalue weighted by Gasteiger charge is 2.02. The Kier molecular flexibility index (Phi) is 2.92. The van der Waals surface area contributed by atoms with Gasteiger partial charge in [0.2, 0.25) is 5.56 Å². The highest BCUT2D eigenvalue weighted by Crippen LogP contribution is 2.28. The van der Waals surface area contributed by atoms with E-state index in [0.29, 0.717) is 0 Å². The van der Waals surface area contributed by atoms with Gasteiger partial charge in [0.15, 0.2) is 0 Å². The lowest BCUT2D eigenvalue weighted by molar-refractivity contribution is 1.23. The smallest absolute Gasteiger partial charge is 0.247 e. The predicted octanol–water partition coefficient (Wildman–Crippen LogP) is 2.76. The van der Waals surface area contributed by atoms with Gasteiger partial charge in [-0.2, -0.15) is 0 Å². The molecule has 0 aliphatic carbocycles. The quantitative estimate of drug-likeness (QED) is 0.785. The number of rotatable bonds is 2.